The molecule has 0 aliphatic carbocycles. The van der Waals surface area contributed by atoms with E-state index in [4.69, 9.17) is 4.74 Å². The molecule has 0 bridgehead atoms. The van der Waals surface area contributed by atoms with Crippen LogP contribution in [0.3, 0.4) is 0 Å². The van der Waals surface area contributed by atoms with Crippen LogP contribution in [0, 0.1) is 0 Å². The minimum absolute atomic E-state index is 0.410. The Labute approximate surface area is 116 Å². The Bertz CT molecular complexity index is 375. The number of methoxy groups -OCH3 is 1. The van der Waals surface area contributed by atoms with Crippen molar-refractivity contribution in [2.24, 2.45) is 0 Å². The molecule has 0 aromatic heterocycles. The Balaban J connectivity index is 2.05. The standard InChI is InChI=1S/C16H26N2O/c1-3-9-17-16(13-18-10-4-5-11-18)14-7-6-8-15(12-14)19-2/h6-8,12,16-17H,3-5,9-11,13H2,1-2H3. The van der Waals surface area contributed by atoms with E-state index in [9.17, 15) is 0 Å². The highest BCUT2D eigenvalue weighted by Crippen LogP contribution is 2.21. The predicted molar refractivity (Wildman–Crippen MR) is 79.7 cm³/mol. The van der Waals surface area contributed by atoms with Crippen LogP contribution in [-0.2, 0) is 0 Å². The lowest BCUT2D eigenvalue weighted by Gasteiger charge is -2.25. The molecule has 1 heterocycles. The van der Waals surface area contributed by atoms with E-state index < -0.39 is 0 Å². The van der Waals surface area contributed by atoms with E-state index >= 15 is 0 Å². The van der Waals surface area contributed by atoms with Crippen LogP contribution in [-0.4, -0.2) is 38.2 Å². The molecule has 1 atom stereocenters. The highest BCUT2D eigenvalue weighted by molar-refractivity contribution is 5.30. The van der Waals surface area contributed by atoms with Gasteiger partial charge in [-0.1, -0.05) is 19.1 Å². The Kier molecular flexibility index (Phi) is 5.67. The molecule has 3 heteroatoms. The van der Waals surface area contributed by atoms with Gasteiger partial charge in [0.05, 0.1) is 7.11 Å². The fourth-order valence-corrected chi connectivity index (χ4v) is 2.69. The molecule has 1 saturated heterocycles. The summed E-state index contributed by atoms with van der Waals surface area (Å²) >= 11 is 0. The van der Waals surface area contributed by atoms with Crippen molar-refractivity contribution in [2.45, 2.75) is 32.2 Å². The van der Waals surface area contributed by atoms with E-state index in [2.05, 4.69) is 35.3 Å². The molecule has 0 saturated carbocycles. The normalized spacial score (nSPS) is 17.6. The van der Waals surface area contributed by atoms with Crippen molar-refractivity contribution in [1.82, 2.24) is 10.2 Å². The average molecular weight is 262 g/mol. The number of hydrogen-bond acceptors (Lipinski definition) is 3. The monoisotopic (exact) mass is 262 g/mol. The zero-order chi connectivity index (χ0) is 13.5. The van der Waals surface area contributed by atoms with E-state index in [1.54, 1.807) is 7.11 Å². The summed E-state index contributed by atoms with van der Waals surface area (Å²) in [5.74, 6) is 0.947. The predicted octanol–water partition coefficient (Wildman–Crippen LogP) is 2.83. The topological polar surface area (TPSA) is 24.5 Å². The van der Waals surface area contributed by atoms with E-state index in [-0.39, 0.29) is 0 Å². The van der Waals surface area contributed by atoms with E-state index in [0.717, 1.165) is 18.8 Å². The van der Waals surface area contributed by atoms with Crippen molar-refractivity contribution in [3.8, 4) is 5.75 Å². The zero-order valence-corrected chi connectivity index (χ0v) is 12.2. The summed E-state index contributed by atoms with van der Waals surface area (Å²) in [5.41, 5.74) is 1.33. The number of benzene rings is 1. The van der Waals surface area contributed by atoms with Crippen LogP contribution < -0.4 is 10.1 Å². The van der Waals surface area contributed by atoms with Crippen LogP contribution in [0.5, 0.6) is 5.75 Å². The average Bonchev–Trinajstić information content (AvgIpc) is 2.96. The summed E-state index contributed by atoms with van der Waals surface area (Å²) in [6.45, 7) is 6.87. The highest BCUT2D eigenvalue weighted by atomic mass is 16.5. The molecular weight excluding hydrogens is 236 g/mol. The molecule has 1 aliphatic heterocycles. The Morgan fingerprint density at radius 2 is 2.11 bits per heavy atom. The van der Waals surface area contributed by atoms with Crippen LogP contribution in [0.4, 0.5) is 0 Å². The molecule has 0 radical (unpaired) electrons. The number of nitrogens with zero attached hydrogens (tertiary/aromatic N) is 1. The van der Waals surface area contributed by atoms with Crippen LogP contribution in [0.1, 0.15) is 37.8 Å². The van der Waals surface area contributed by atoms with Crippen LogP contribution >= 0.6 is 0 Å². The van der Waals surface area contributed by atoms with Gasteiger partial charge in [-0.3, -0.25) is 0 Å². The second-order valence-corrected chi connectivity index (χ2v) is 5.29. The van der Waals surface area contributed by atoms with E-state index in [0.29, 0.717) is 6.04 Å². The number of rotatable bonds is 7. The van der Waals surface area contributed by atoms with Gasteiger partial charge in [0.2, 0.25) is 0 Å². The first-order valence-electron chi connectivity index (χ1n) is 7.43. The van der Waals surface area contributed by atoms with Gasteiger partial charge in [-0.15, -0.1) is 0 Å². The largest absolute Gasteiger partial charge is 0.497 e. The summed E-state index contributed by atoms with van der Waals surface area (Å²) in [7, 11) is 1.73. The van der Waals surface area contributed by atoms with Crippen molar-refractivity contribution in [1.29, 1.82) is 0 Å². The second-order valence-electron chi connectivity index (χ2n) is 5.29. The third-order valence-electron chi connectivity index (χ3n) is 3.78. The lowest BCUT2D eigenvalue weighted by molar-refractivity contribution is 0.292. The fourth-order valence-electron chi connectivity index (χ4n) is 2.69. The molecule has 19 heavy (non-hydrogen) atoms. The van der Waals surface area contributed by atoms with Crippen molar-refractivity contribution in [3.63, 3.8) is 0 Å². The highest BCUT2D eigenvalue weighted by Gasteiger charge is 2.18. The third kappa shape index (κ3) is 4.22. The SMILES string of the molecule is CCCNC(CN1CCCC1)c1cccc(OC)c1. The van der Waals surface area contributed by atoms with Crippen molar-refractivity contribution < 1.29 is 4.74 Å². The smallest absolute Gasteiger partial charge is 0.119 e. The van der Waals surface area contributed by atoms with Crippen LogP contribution in [0.15, 0.2) is 24.3 Å². The molecule has 1 fully saturated rings. The minimum atomic E-state index is 0.410. The van der Waals surface area contributed by atoms with Crippen molar-refractivity contribution in [2.75, 3.05) is 33.3 Å². The molecule has 2 rings (SSSR count). The summed E-state index contributed by atoms with van der Waals surface area (Å²) in [6, 6.07) is 8.86. The quantitative estimate of drug-likeness (QED) is 0.818. The molecule has 1 aliphatic rings. The number of nitrogens with one attached hydrogen (secondary N) is 1. The van der Waals surface area contributed by atoms with Crippen molar-refractivity contribution in [3.05, 3.63) is 29.8 Å². The Morgan fingerprint density at radius 1 is 1.32 bits per heavy atom. The molecule has 1 aromatic rings. The summed E-state index contributed by atoms with van der Waals surface area (Å²) in [5, 5.41) is 3.67. The minimum Gasteiger partial charge on any atom is -0.497 e. The first-order valence-corrected chi connectivity index (χ1v) is 7.43. The van der Waals surface area contributed by atoms with Crippen LogP contribution in [0.25, 0.3) is 0 Å². The maximum atomic E-state index is 5.34. The molecule has 106 valence electrons. The van der Waals surface area contributed by atoms with E-state index in [1.165, 1.54) is 37.9 Å². The van der Waals surface area contributed by atoms with Gasteiger partial charge in [-0.05, 0) is 56.6 Å². The lowest BCUT2D eigenvalue weighted by Crippen LogP contribution is -2.34. The van der Waals surface area contributed by atoms with Gasteiger partial charge in [-0.2, -0.15) is 0 Å². The van der Waals surface area contributed by atoms with Crippen molar-refractivity contribution >= 4 is 0 Å². The van der Waals surface area contributed by atoms with E-state index in [1.807, 2.05) is 6.07 Å². The first kappa shape index (κ1) is 14.4. The van der Waals surface area contributed by atoms with Gasteiger partial charge in [-0.25, -0.2) is 0 Å². The van der Waals surface area contributed by atoms with Gasteiger partial charge in [0.25, 0.3) is 0 Å². The molecule has 0 spiro atoms. The maximum absolute atomic E-state index is 5.34. The summed E-state index contributed by atoms with van der Waals surface area (Å²) in [6.07, 6.45) is 3.86. The van der Waals surface area contributed by atoms with Gasteiger partial charge < -0.3 is 15.0 Å². The fraction of sp³-hybridized carbons (Fsp3) is 0.625. The Morgan fingerprint density at radius 3 is 2.79 bits per heavy atom. The molecule has 3 nitrogen and oxygen atoms in total. The number of likely N-dealkylation sites (tertiary alicyclic amines) is 1. The second kappa shape index (κ2) is 7.51. The zero-order valence-electron chi connectivity index (χ0n) is 12.2. The van der Waals surface area contributed by atoms with Gasteiger partial charge in [0, 0.05) is 12.6 Å². The number of hydrogen-bond donors (Lipinski definition) is 1. The molecule has 0 amide bonds. The molecule has 1 N–H and O–H groups in total. The summed E-state index contributed by atoms with van der Waals surface area (Å²) < 4.78 is 5.34. The summed E-state index contributed by atoms with van der Waals surface area (Å²) in [4.78, 5) is 2.56. The molecule has 1 aromatic carbocycles. The number of ether oxygens (including phenoxy) is 1. The third-order valence-corrected chi connectivity index (χ3v) is 3.78. The van der Waals surface area contributed by atoms with Gasteiger partial charge in [0.15, 0.2) is 0 Å². The van der Waals surface area contributed by atoms with Crippen LogP contribution in [0.2, 0.25) is 0 Å². The molecular formula is C16H26N2O. The van der Waals surface area contributed by atoms with Gasteiger partial charge in [0.1, 0.15) is 5.75 Å². The van der Waals surface area contributed by atoms with Gasteiger partial charge >= 0.3 is 0 Å². The lowest BCUT2D eigenvalue weighted by atomic mass is 10.1. The Hall–Kier alpha value is -1.06. The molecule has 1 unspecified atom stereocenters. The maximum Gasteiger partial charge on any atom is 0.119 e. The first-order chi connectivity index (χ1) is 9.33.